The molecule has 0 saturated carbocycles. The van der Waals surface area contributed by atoms with Gasteiger partial charge in [-0.15, -0.1) is 0 Å². The summed E-state index contributed by atoms with van der Waals surface area (Å²) in [7, 11) is 1.36. The molecule has 0 spiro atoms. The molecular weight excluding hydrogens is 242 g/mol. The Balaban J connectivity index is 2.24. The Labute approximate surface area is 111 Å². The van der Waals surface area contributed by atoms with E-state index in [1.807, 2.05) is 13.0 Å². The third-order valence-corrected chi connectivity index (χ3v) is 3.06. The molecule has 1 heterocycles. The molecule has 2 rings (SSSR count). The summed E-state index contributed by atoms with van der Waals surface area (Å²) >= 11 is 0. The van der Waals surface area contributed by atoms with Gasteiger partial charge in [0.2, 0.25) is 0 Å². The van der Waals surface area contributed by atoms with Crippen molar-refractivity contribution in [2.45, 2.75) is 19.8 Å². The summed E-state index contributed by atoms with van der Waals surface area (Å²) in [6.45, 7) is 1.97. The van der Waals surface area contributed by atoms with Crippen LogP contribution in [0.2, 0.25) is 0 Å². The number of rotatable bonds is 3. The van der Waals surface area contributed by atoms with Crippen molar-refractivity contribution in [3.63, 3.8) is 0 Å². The van der Waals surface area contributed by atoms with Gasteiger partial charge in [-0.25, -0.2) is 4.79 Å². The van der Waals surface area contributed by atoms with Crippen molar-refractivity contribution in [2.75, 3.05) is 7.11 Å². The summed E-state index contributed by atoms with van der Waals surface area (Å²) in [6, 6.07) is 5.41. The predicted molar refractivity (Wildman–Crippen MR) is 72.4 cm³/mol. The fourth-order valence-electron chi connectivity index (χ4n) is 1.97. The molecule has 0 aliphatic carbocycles. The molecule has 0 atom stereocenters. The van der Waals surface area contributed by atoms with E-state index in [0.29, 0.717) is 18.4 Å². The molecule has 0 fully saturated rings. The first-order valence-electron chi connectivity index (χ1n) is 6.03. The zero-order chi connectivity index (χ0) is 13.8. The average Bonchev–Trinajstić information content (AvgIpc) is 2.40. The Hall–Kier alpha value is -2.23. The first-order chi connectivity index (χ1) is 9.10. The van der Waals surface area contributed by atoms with Crippen LogP contribution in [-0.2, 0) is 16.0 Å². The summed E-state index contributed by atoms with van der Waals surface area (Å²) < 4.78 is 4.70. The summed E-state index contributed by atoms with van der Waals surface area (Å²) in [5, 5.41) is 0. The molecule has 1 aliphatic heterocycles. The number of hydrogen-bond donors (Lipinski definition) is 0. The molecule has 0 radical (unpaired) electrons. The lowest BCUT2D eigenvalue weighted by Crippen LogP contribution is -2.13. The molecule has 4 heteroatoms. The van der Waals surface area contributed by atoms with Crippen LogP contribution in [0.15, 0.2) is 35.5 Å². The summed E-state index contributed by atoms with van der Waals surface area (Å²) in [6.07, 6.45) is 3.92. The summed E-state index contributed by atoms with van der Waals surface area (Å²) in [4.78, 5) is 27.0. The first-order valence-corrected chi connectivity index (χ1v) is 6.03. The normalized spacial score (nSPS) is 14.2. The summed E-state index contributed by atoms with van der Waals surface area (Å²) in [5.41, 5.74) is 3.39. The predicted octanol–water partition coefficient (Wildman–Crippen LogP) is 2.25. The fraction of sp³-hybridized carbons (Fsp3) is 0.267. The van der Waals surface area contributed by atoms with Crippen LogP contribution >= 0.6 is 0 Å². The van der Waals surface area contributed by atoms with Crippen LogP contribution in [-0.4, -0.2) is 24.6 Å². The number of carbonyl (C=O) groups is 2. The van der Waals surface area contributed by atoms with E-state index in [4.69, 9.17) is 4.74 Å². The minimum absolute atomic E-state index is 0.0618. The van der Waals surface area contributed by atoms with Crippen LogP contribution in [0.1, 0.15) is 27.9 Å². The van der Waals surface area contributed by atoms with E-state index >= 15 is 0 Å². The Kier molecular flexibility index (Phi) is 3.90. The molecule has 4 nitrogen and oxygen atoms in total. The summed E-state index contributed by atoms with van der Waals surface area (Å²) in [5.74, 6) is -0.297. The maximum atomic E-state index is 11.5. The van der Waals surface area contributed by atoms with Gasteiger partial charge in [0.25, 0.3) is 0 Å². The molecular formula is C15H15NO3. The van der Waals surface area contributed by atoms with Gasteiger partial charge in [-0.2, -0.15) is 0 Å². The van der Waals surface area contributed by atoms with Crippen LogP contribution in [0.25, 0.3) is 0 Å². The number of benzene rings is 1. The highest BCUT2D eigenvalue weighted by molar-refractivity contribution is 6.09. The molecule has 98 valence electrons. The highest BCUT2D eigenvalue weighted by Crippen LogP contribution is 2.15. The highest BCUT2D eigenvalue weighted by Gasteiger charge is 2.13. The molecule has 0 unspecified atom stereocenters. The van der Waals surface area contributed by atoms with Crippen molar-refractivity contribution in [1.29, 1.82) is 0 Å². The number of ether oxygens (including phenoxy) is 1. The molecule has 1 aliphatic rings. The van der Waals surface area contributed by atoms with E-state index in [9.17, 15) is 9.59 Å². The topological polar surface area (TPSA) is 55.7 Å². The van der Waals surface area contributed by atoms with Gasteiger partial charge in [0.15, 0.2) is 5.78 Å². The van der Waals surface area contributed by atoms with Crippen LogP contribution in [0, 0.1) is 6.92 Å². The molecule has 0 N–H and O–H groups in total. The zero-order valence-corrected chi connectivity index (χ0v) is 11.0. The lowest BCUT2D eigenvalue weighted by atomic mass is 9.97. The Morgan fingerprint density at radius 3 is 2.89 bits per heavy atom. The second kappa shape index (κ2) is 5.61. The molecule has 0 bridgehead atoms. The zero-order valence-electron chi connectivity index (χ0n) is 11.0. The van der Waals surface area contributed by atoms with Crippen molar-refractivity contribution in [3.05, 3.63) is 47.2 Å². The second-order valence-electron chi connectivity index (χ2n) is 4.46. The SMILES string of the molecule is COC(=O)c1ccc(C)c(CC2=NC=CC(=O)C2)c1. The number of hydrogen-bond acceptors (Lipinski definition) is 4. The monoisotopic (exact) mass is 257 g/mol. The molecule has 1 aromatic carbocycles. The Morgan fingerprint density at radius 2 is 2.21 bits per heavy atom. The number of aryl methyl sites for hydroxylation is 1. The molecule has 0 saturated heterocycles. The van der Waals surface area contributed by atoms with Gasteiger partial charge in [-0.1, -0.05) is 6.07 Å². The number of allylic oxidation sites excluding steroid dienone is 1. The minimum Gasteiger partial charge on any atom is -0.465 e. The van der Waals surface area contributed by atoms with Crippen LogP contribution < -0.4 is 0 Å². The van der Waals surface area contributed by atoms with Crippen LogP contribution in [0.4, 0.5) is 0 Å². The van der Waals surface area contributed by atoms with E-state index in [1.165, 1.54) is 19.4 Å². The van der Waals surface area contributed by atoms with E-state index in [-0.39, 0.29) is 11.8 Å². The third kappa shape index (κ3) is 3.16. The largest absolute Gasteiger partial charge is 0.465 e. The van der Waals surface area contributed by atoms with Crippen molar-refractivity contribution in [3.8, 4) is 0 Å². The van der Waals surface area contributed by atoms with Gasteiger partial charge in [-0.3, -0.25) is 9.79 Å². The van der Waals surface area contributed by atoms with Crippen molar-refractivity contribution < 1.29 is 14.3 Å². The van der Waals surface area contributed by atoms with Gasteiger partial charge in [0.05, 0.1) is 12.7 Å². The number of nitrogens with zero attached hydrogens (tertiary/aromatic N) is 1. The number of carbonyl (C=O) groups excluding carboxylic acids is 2. The molecule has 0 aromatic heterocycles. The highest BCUT2D eigenvalue weighted by atomic mass is 16.5. The average molecular weight is 257 g/mol. The van der Waals surface area contributed by atoms with Gasteiger partial charge >= 0.3 is 5.97 Å². The van der Waals surface area contributed by atoms with E-state index in [2.05, 4.69) is 4.99 Å². The van der Waals surface area contributed by atoms with Gasteiger partial charge in [0, 0.05) is 24.8 Å². The third-order valence-electron chi connectivity index (χ3n) is 3.06. The van der Waals surface area contributed by atoms with Gasteiger partial charge in [0.1, 0.15) is 0 Å². The maximum Gasteiger partial charge on any atom is 0.337 e. The number of esters is 1. The fourth-order valence-corrected chi connectivity index (χ4v) is 1.97. The van der Waals surface area contributed by atoms with E-state index < -0.39 is 0 Å². The quantitative estimate of drug-likeness (QED) is 0.780. The number of aliphatic imine (C=N–C) groups is 1. The standard InChI is InChI=1S/C15H15NO3/c1-10-3-4-11(15(18)19-2)7-12(10)8-13-9-14(17)5-6-16-13/h3-7H,8-9H2,1-2H3. The van der Waals surface area contributed by atoms with Gasteiger partial charge < -0.3 is 4.74 Å². The molecule has 0 amide bonds. The molecule has 1 aromatic rings. The molecule has 19 heavy (non-hydrogen) atoms. The number of ketones is 1. The number of methoxy groups -OCH3 is 1. The second-order valence-corrected chi connectivity index (χ2v) is 4.46. The van der Waals surface area contributed by atoms with Crippen molar-refractivity contribution >= 4 is 17.5 Å². The lowest BCUT2D eigenvalue weighted by molar-refractivity contribution is -0.113. The first kappa shape index (κ1) is 13.2. The minimum atomic E-state index is -0.359. The van der Waals surface area contributed by atoms with Crippen LogP contribution in [0.5, 0.6) is 0 Å². The maximum absolute atomic E-state index is 11.5. The van der Waals surface area contributed by atoms with Crippen LogP contribution in [0.3, 0.4) is 0 Å². The van der Waals surface area contributed by atoms with Crippen molar-refractivity contribution in [2.24, 2.45) is 4.99 Å². The Bertz CT molecular complexity index is 585. The van der Waals surface area contributed by atoms with Crippen molar-refractivity contribution in [1.82, 2.24) is 0 Å². The van der Waals surface area contributed by atoms with E-state index in [1.54, 1.807) is 12.1 Å². The van der Waals surface area contributed by atoms with Gasteiger partial charge in [-0.05, 0) is 36.3 Å². The lowest BCUT2D eigenvalue weighted by Gasteiger charge is -2.11. The smallest absolute Gasteiger partial charge is 0.337 e. The van der Waals surface area contributed by atoms with E-state index in [0.717, 1.165) is 16.8 Å². The Morgan fingerprint density at radius 1 is 1.42 bits per heavy atom.